The van der Waals surface area contributed by atoms with Crippen molar-refractivity contribution in [1.29, 1.82) is 10.5 Å². The molecule has 0 saturated heterocycles. The zero-order valence-corrected chi connectivity index (χ0v) is 70.6. The van der Waals surface area contributed by atoms with Crippen molar-refractivity contribution in [2.45, 2.75) is 314 Å². The van der Waals surface area contributed by atoms with Crippen molar-refractivity contribution in [2.24, 2.45) is 23.7 Å². The maximum Gasteiger partial charge on any atom is 0.696 e. The molecular weight excluding hydrogens is 1360 g/mol. The van der Waals surface area contributed by atoms with Gasteiger partial charge in [0.2, 0.25) is 0 Å². The third-order valence-electron chi connectivity index (χ3n) is 16.3. The fraction of sp³-hybridized carbons (Fsp3) is 0.942. The monoisotopic (exact) mass is 1500 g/mol. The minimum Gasteiger partial charge on any atom is -0.481 e. The SMILES string of the molecule is CC(=O)O.CCC1CCC(OC(C)=O)CC1.CCC1CCCCC1.CCN(C(C)C)P(OCCC#N)N(C(C)C)C(C)C.CO.COC(C)(C)C.COP(=O)(CC1CCC(O)CC1)OC.COP(=O)(CC1CCC(OP(OCCC#N)N(C(C)C)C(C)C)CC1)OC.CO[P+](=O)OC. The number of carboxylic acid groups (broad SMARTS) is 1. The van der Waals surface area contributed by atoms with E-state index in [2.05, 4.69) is 125 Å². The number of hydrogen-bond acceptors (Lipinski definition) is 23. The molecule has 0 amide bonds. The maximum absolute atomic E-state index is 12.3. The summed E-state index contributed by atoms with van der Waals surface area (Å²) in [4.78, 5) is 19.6. The zero-order valence-electron chi connectivity index (χ0n) is 66.2. The van der Waals surface area contributed by atoms with E-state index in [9.17, 15) is 23.6 Å². The number of aliphatic hydroxyl groups excluding tert-OH is 2. The van der Waals surface area contributed by atoms with Crippen LogP contribution in [0.5, 0.6) is 0 Å². The van der Waals surface area contributed by atoms with Crippen LogP contribution >= 0.6 is 40.4 Å². The Morgan fingerprint density at radius 2 is 0.908 bits per heavy atom. The van der Waals surface area contributed by atoms with Gasteiger partial charge in [-0.3, -0.25) is 18.7 Å². The lowest BCUT2D eigenvalue weighted by Crippen LogP contribution is -2.40. The van der Waals surface area contributed by atoms with Gasteiger partial charge in [-0.15, -0.1) is 9.05 Å². The molecule has 0 heterocycles. The van der Waals surface area contributed by atoms with E-state index < -0.39 is 46.4 Å². The average Bonchev–Trinajstić information content (AvgIpc) is 0.861. The van der Waals surface area contributed by atoms with E-state index in [4.69, 9.17) is 66.7 Å². The number of rotatable bonds is 30. The van der Waals surface area contributed by atoms with Crippen molar-refractivity contribution in [3.05, 3.63) is 0 Å². The van der Waals surface area contributed by atoms with Gasteiger partial charge in [0.05, 0.1) is 82.5 Å². The first-order valence-corrected chi connectivity index (χ1v) is 42.4. The summed E-state index contributed by atoms with van der Waals surface area (Å²) in [6.45, 7) is 39.0. The Morgan fingerprint density at radius 3 is 1.19 bits per heavy atom. The number of nitrogens with zero attached hydrogens (tertiary/aromatic N) is 5. The summed E-state index contributed by atoms with van der Waals surface area (Å²) in [6.07, 6.45) is 23.8. The van der Waals surface area contributed by atoms with E-state index in [1.807, 2.05) is 20.8 Å². The number of carboxylic acids is 1. The molecular formula is C69H145N5O19P5+. The Morgan fingerprint density at radius 1 is 0.561 bits per heavy atom. The normalized spacial score (nSPS) is 20.1. The third-order valence-corrected chi connectivity index (χ3v) is 26.2. The van der Waals surface area contributed by atoms with E-state index in [0.29, 0.717) is 80.4 Å². The lowest BCUT2D eigenvalue weighted by Gasteiger charge is -2.43. The van der Waals surface area contributed by atoms with Crippen LogP contribution in [-0.4, -0.2) is 184 Å². The van der Waals surface area contributed by atoms with Gasteiger partial charge in [-0.25, -0.2) is 14.0 Å². The number of carbonyl (C=O) groups excluding carboxylic acids is 1. The molecule has 0 aromatic rings. The maximum atomic E-state index is 12.3. The smallest absolute Gasteiger partial charge is 0.481 e. The van der Waals surface area contributed by atoms with Crippen LogP contribution < -0.4 is 0 Å². The number of nitriles is 2. The molecule has 4 rings (SSSR count). The summed E-state index contributed by atoms with van der Waals surface area (Å²) in [5.41, 5.74) is 0.0417. The van der Waals surface area contributed by atoms with E-state index in [1.54, 1.807) is 7.11 Å². The van der Waals surface area contributed by atoms with Crippen LogP contribution in [0.3, 0.4) is 0 Å². The highest BCUT2D eigenvalue weighted by molar-refractivity contribution is 7.54. The molecule has 24 nitrogen and oxygen atoms in total. The first kappa shape index (κ1) is 105. The molecule has 0 aromatic heterocycles. The lowest BCUT2D eigenvalue weighted by atomic mass is 9.86. The van der Waals surface area contributed by atoms with Gasteiger partial charge in [0, 0.05) is 97.8 Å². The Balaban J connectivity index is -0.000000358. The van der Waals surface area contributed by atoms with E-state index in [1.165, 1.54) is 107 Å². The zero-order chi connectivity index (χ0) is 76.6. The summed E-state index contributed by atoms with van der Waals surface area (Å²) in [5.74, 6) is 1.69. The first-order valence-electron chi connectivity index (χ1n) is 35.6. The van der Waals surface area contributed by atoms with Gasteiger partial charge >= 0.3 is 29.4 Å². The Kier molecular flexibility index (Phi) is 69.0. The Hall–Kier alpha value is -1.26. The van der Waals surface area contributed by atoms with Crippen LogP contribution in [0.1, 0.15) is 259 Å². The van der Waals surface area contributed by atoms with Crippen LogP contribution in [0.4, 0.5) is 0 Å². The highest BCUT2D eigenvalue weighted by atomic mass is 31.2. The first-order chi connectivity index (χ1) is 46.0. The molecule has 2 unspecified atom stereocenters. The molecule has 4 fully saturated rings. The molecule has 0 aromatic carbocycles. The molecule has 29 heteroatoms. The van der Waals surface area contributed by atoms with Gasteiger partial charge in [-0.05, 0) is 191 Å². The van der Waals surface area contributed by atoms with Crippen molar-refractivity contribution in [3.8, 4) is 12.1 Å². The predicted molar refractivity (Wildman–Crippen MR) is 400 cm³/mol. The molecule has 98 heavy (non-hydrogen) atoms. The number of ether oxygens (including phenoxy) is 2. The summed E-state index contributed by atoms with van der Waals surface area (Å²) in [7, 11) is 1.43. The molecule has 0 aliphatic heterocycles. The topological polar surface area (TPSA) is 305 Å². The molecule has 0 radical (unpaired) electrons. The minimum absolute atomic E-state index is 0.0417. The van der Waals surface area contributed by atoms with Gasteiger partial charge in [-0.2, -0.15) is 10.5 Å². The largest absolute Gasteiger partial charge is 0.696 e. The molecule has 2 atom stereocenters. The number of aliphatic carboxylic acids is 1. The fourth-order valence-corrected chi connectivity index (χ4v) is 18.0. The minimum atomic E-state index is -2.96. The summed E-state index contributed by atoms with van der Waals surface area (Å²) in [5, 5.41) is 41.2. The fourth-order valence-electron chi connectivity index (χ4n) is 10.9. The lowest BCUT2D eigenvalue weighted by molar-refractivity contribution is -0.148. The molecule has 4 aliphatic carbocycles. The van der Waals surface area contributed by atoms with Crippen LogP contribution in [0.2, 0.25) is 0 Å². The number of carbonyl (C=O) groups is 2. The third kappa shape index (κ3) is 56.2. The van der Waals surface area contributed by atoms with Crippen LogP contribution in [0.25, 0.3) is 0 Å². The molecule has 584 valence electrons. The Bertz CT molecular complexity index is 2050. The average molecular weight is 1500 g/mol. The Labute approximate surface area is 601 Å². The molecule has 4 saturated carbocycles. The molecule has 4 aliphatic rings. The van der Waals surface area contributed by atoms with E-state index in [-0.39, 0.29) is 29.9 Å². The number of esters is 1. The quantitative estimate of drug-likeness (QED) is 0.0342. The number of methoxy groups -OCH3 is 1. The second-order valence-electron chi connectivity index (χ2n) is 26.7. The van der Waals surface area contributed by atoms with E-state index >= 15 is 0 Å². The van der Waals surface area contributed by atoms with Gasteiger partial charge in [0.25, 0.3) is 14.5 Å². The van der Waals surface area contributed by atoms with Gasteiger partial charge in [0.15, 0.2) is 8.45 Å². The second-order valence-corrected chi connectivity index (χ2v) is 35.7. The van der Waals surface area contributed by atoms with Crippen LogP contribution in [0, 0.1) is 46.3 Å². The van der Waals surface area contributed by atoms with Crippen molar-refractivity contribution in [2.75, 3.05) is 89.0 Å². The molecule has 3 N–H and O–H groups in total. The van der Waals surface area contributed by atoms with Crippen LogP contribution in [0.15, 0.2) is 0 Å². The van der Waals surface area contributed by atoms with Crippen molar-refractivity contribution < 1.29 is 88.8 Å². The summed E-state index contributed by atoms with van der Waals surface area (Å²) in [6, 6.07) is 6.17. The van der Waals surface area contributed by atoms with E-state index in [0.717, 1.165) is 96.6 Å². The molecule has 0 bridgehead atoms. The summed E-state index contributed by atoms with van der Waals surface area (Å²) >= 11 is 0. The van der Waals surface area contributed by atoms with Crippen molar-refractivity contribution >= 4 is 52.4 Å². The predicted octanol–water partition coefficient (Wildman–Crippen LogP) is 18.9. The van der Waals surface area contributed by atoms with Crippen LogP contribution in [-0.2, 0) is 73.5 Å². The molecule has 0 spiro atoms. The van der Waals surface area contributed by atoms with Gasteiger partial charge < -0.3 is 56.5 Å². The standard InChI is InChI=1S/C18H36N2O5P2.C14H30N3OP.C10H18O2.C9H19O4P.C8H16.C5H12O.C2H6O3P.C2H4O2.CH4O/c1-15(2)20(16(3)4)26(24-13-7-12-19)25-18-10-8-17(9-11-18)14-27(21,22-5)23-6;1-8-16(12(2)3)19(18-11-9-10-15)17(13(4)5)14(6)7;1-3-9-4-6-10(7-5-9)12-8(2)11;1-12-14(11,13-2)7-8-3-5-9(10)6-4-8;1-2-8-6-4-3-5-7-8;1-5(2,3)6-4;1-4-6(3)5-2;1-2(3)4;1-2/h15-18H,7-11,13-14H2,1-6H3;12-14H,8-9,11H2,1-7H3;9-10H,3-7H2,1-2H3;8-10H,3-7H2,1-2H3;8H,2-7H2,1H3;1-4H3;1-2H3;1H3,(H,3,4);2H,1H3/q;;;;;;+1;;. The van der Waals surface area contributed by atoms with Gasteiger partial charge in [0.1, 0.15) is 6.10 Å². The highest BCUT2D eigenvalue weighted by Crippen LogP contribution is 2.54. The van der Waals surface area contributed by atoms with Gasteiger partial charge in [-0.1, -0.05) is 65.7 Å². The number of hydrogen-bond donors (Lipinski definition) is 3. The second kappa shape index (κ2) is 64.1. The highest BCUT2D eigenvalue weighted by Gasteiger charge is 2.36. The van der Waals surface area contributed by atoms with Crippen molar-refractivity contribution in [1.82, 2.24) is 14.0 Å². The number of aliphatic hydroxyl groups is 2. The summed E-state index contributed by atoms with van der Waals surface area (Å²) < 4.78 is 97.9. The van der Waals surface area contributed by atoms with Crippen molar-refractivity contribution in [3.63, 3.8) is 0 Å².